The molecule has 0 spiro atoms. The van der Waals surface area contributed by atoms with Crippen molar-refractivity contribution in [1.29, 1.82) is 0 Å². The van der Waals surface area contributed by atoms with Crippen molar-refractivity contribution in [1.82, 2.24) is 4.98 Å². The van der Waals surface area contributed by atoms with E-state index >= 15 is 0 Å². The second kappa shape index (κ2) is 4.97. The van der Waals surface area contributed by atoms with Crippen LogP contribution in [0.4, 0.5) is 0 Å². The van der Waals surface area contributed by atoms with Gasteiger partial charge in [0, 0.05) is 22.5 Å². The summed E-state index contributed by atoms with van der Waals surface area (Å²) in [5.74, 6) is 0. The van der Waals surface area contributed by atoms with Gasteiger partial charge in [0.25, 0.3) is 0 Å². The first-order chi connectivity index (χ1) is 10.8. The summed E-state index contributed by atoms with van der Waals surface area (Å²) >= 11 is 6.42. The first kappa shape index (κ1) is 13.0. The molecule has 4 heteroatoms. The van der Waals surface area contributed by atoms with Crippen LogP contribution in [0.15, 0.2) is 70.0 Å². The van der Waals surface area contributed by atoms with Gasteiger partial charge in [-0.3, -0.25) is 4.98 Å². The summed E-state index contributed by atoms with van der Waals surface area (Å²) in [5, 5.41) is 2.73. The zero-order valence-electron chi connectivity index (χ0n) is 11.4. The van der Waals surface area contributed by atoms with Crippen LogP contribution in [0.1, 0.15) is 0 Å². The monoisotopic (exact) mass is 307 g/mol. The minimum absolute atomic E-state index is 0.350. The van der Waals surface area contributed by atoms with Gasteiger partial charge < -0.3 is 4.42 Å². The minimum atomic E-state index is -0.350. The molecule has 2 aromatic carbocycles. The number of fused-ring (bicyclic) bond motifs is 3. The van der Waals surface area contributed by atoms with E-state index in [9.17, 15) is 4.79 Å². The van der Waals surface area contributed by atoms with E-state index in [2.05, 4.69) is 4.98 Å². The van der Waals surface area contributed by atoms with Crippen molar-refractivity contribution in [3.05, 3.63) is 76.2 Å². The van der Waals surface area contributed by atoms with E-state index in [0.29, 0.717) is 16.0 Å². The van der Waals surface area contributed by atoms with Gasteiger partial charge in [0.2, 0.25) is 0 Å². The number of nitrogens with zero attached hydrogens (tertiary/aromatic N) is 1. The van der Waals surface area contributed by atoms with Gasteiger partial charge >= 0.3 is 5.63 Å². The quantitative estimate of drug-likeness (QED) is 0.379. The van der Waals surface area contributed by atoms with Gasteiger partial charge in [-0.1, -0.05) is 35.9 Å². The van der Waals surface area contributed by atoms with E-state index in [1.165, 1.54) is 0 Å². The van der Waals surface area contributed by atoms with Crippen LogP contribution in [0.25, 0.3) is 33.0 Å². The highest BCUT2D eigenvalue weighted by Gasteiger charge is 2.15. The van der Waals surface area contributed by atoms with Crippen LogP contribution < -0.4 is 5.63 Å². The largest absolute Gasteiger partial charge is 0.422 e. The van der Waals surface area contributed by atoms with Crippen LogP contribution in [0.2, 0.25) is 5.02 Å². The van der Waals surface area contributed by atoms with Crippen molar-refractivity contribution in [2.75, 3.05) is 0 Å². The molecule has 0 radical (unpaired) electrons. The molecule has 106 valence electrons. The van der Waals surface area contributed by atoms with E-state index in [1.54, 1.807) is 24.4 Å². The van der Waals surface area contributed by atoms with Gasteiger partial charge in [-0.05, 0) is 30.3 Å². The summed E-state index contributed by atoms with van der Waals surface area (Å²) in [7, 11) is 0. The maximum atomic E-state index is 12.1. The molecule has 0 fully saturated rings. The minimum Gasteiger partial charge on any atom is -0.422 e. The predicted octanol–water partition coefficient (Wildman–Crippen LogP) is 4.66. The summed E-state index contributed by atoms with van der Waals surface area (Å²) in [6, 6.07) is 16.4. The lowest BCUT2D eigenvalue weighted by molar-refractivity contribution is 0.570. The number of rotatable bonds is 1. The number of hydrogen-bond acceptors (Lipinski definition) is 3. The van der Waals surface area contributed by atoms with Crippen molar-refractivity contribution < 1.29 is 4.42 Å². The lowest BCUT2D eigenvalue weighted by Crippen LogP contribution is -2.00. The van der Waals surface area contributed by atoms with E-state index in [1.807, 2.05) is 36.4 Å². The topological polar surface area (TPSA) is 43.1 Å². The van der Waals surface area contributed by atoms with Crippen LogP contribution in [0, 0.1) is 0 Å². The van der Waals surface area contributed by atoms with E-state index in [4.69, 9.17) is 16.0 Å². The average Bonchev–Trinajstić information content (AvgIpc) is 2.56. The summed E-state index contributed by atoms with van der Waals surface area (Å²) in [4.78, 5) is 16.5. The molecule has 0 saturated heterocycles. The third-order valence-electron chi connectivity index (χ3n) is 3.66. The molecule has 0 aliphatic heterocycles. The molecular weight excluding hydrogens is 298 g/mol. The molecule has 0 aliphatic rings. The lowest BCUT2D eigenvalue weighted by atomic mass is 10.00. The molecule has 2 aromatic heterocycles. The third kappa shape index (κ3) is 1.90. The predicted molar refractivity (Wildman–Crippen MR) is 88.2 cm³/mol. The molecule has 0 atom stereocenters. The summed E-state index contributed by atoms with van der Waals surface area (Å²) in [5.41, 5.74) is 1.68. The molecule has 22 heavy (non-hydrogen) atoms. The Balaban J connectivity index is 2.28. The Morgan fingerprint density at radius 3 is 2.45 bits per heavy atom. The SMILES string of the molecule is O=c1oc2ccc(Cl)c(-c3ccccn3)c2c2ccccc12. The average molecular weight is 308 g/mol. The number of hydrogen-bond donors (Lipinski definition) is 0. The van der Waals surface area contributed by atoms with E-state index < -0.39 is 0 Å². The molecule has 2 heterocycles. The maximum absolute atomic E-state index is 12.1. The Hall–Kier alpha value is -2.65. The molecule has 4 rings (SSSR count). The number of halogens is 1. The number of benzene rings is 2. The van der Waals surface area contributed by atoms with Crippen LogP contribution in [-0.4, -0.2) is 4.98 Å². The number of aromatic nitrogens is 1. The Labute approximate surface area is 130 Å². The summed E-state index contributed by atoms with van der Waals surface area (Å²) in [6.45, 7) is 0. The fourth-order valence-electron chi connectivity index (χ4n) is 2.71. The van der Waals surface area contributed by atoms with E-state index in [-0.39, 0.29) is 5.63 Å². The first-order valence-corrected chi connectivity index (χ1v) is 7.19. The van der Waals surface area contributed by atoms with Crippen LogP contribution in [-0.2, 0) is 0 Å². The highest BCUT2D eigenvalue weighted by molar-refractivity contribution is 6.35. The van der Waals surface area contributed by atoms with Gasteiger partial charge in [0.1, 0.15) is 5.58 Å². The molecule has 4 aromatic rings. The molecule has 0 bridgehead atoms. The maximum Gasteiger partial charge on any atom is 0.344 e. The van der Waals surface area contributed by atoms with Crippen LogP contribution in [0.3, 0.4) is 0 Å². The second-order valence-electron chi connectivity index (χ2n) is 4.95. The Morgan fingerprint density at radius 2 is 1.68 bits per heavy atom. The zero-order valence-corrected chi connectivity index (χ0v) is 12.2. The van der Waals surface area contributed by atoms with E-state index in [0.717, 1.165) is 22.0 Å². The van der Waals surface area contributed by atoms with Crippen molar-refractivity contribution in [2.24, 2.45) is 0 Å². The van der Waals surface area contributed by atoms with Gasteiger partial charge in [0.05, 0.1) is 16.1 Å². The zero-order chi connectivity index (χ0) is 15.1. The molecule has 0 amide bonds. The second-order valence-corrected chi connectivity index (χ2v) is 5.35. The van der Waals surface area contributed by atoms with Crippen molar-refractivity contribution >= 4 is 33.3 Å². The summed E-state index contributed by atoms with van der Waals surface area (Å²) in [6.07, 6.45) is 1.71. The normalized spacial score (nSPS) is 11.1. The fraction of sp³-hybridized carbons (Fsp3) is 0. The smallest absolute Gasteiger partial charge is 0.344 e. The molecule has 3 nitrogen and oxygen atoms in total. The van der Waals surface area contributed by atoms with Crippen LogP contribution >= 0.6 is 11.6 Å². The van der Waals surface area contributed by atoms with Gasteiger partial charge in [-0.2, -0.15) is 0 Å². The fourth-order valence-corrected chi connectivity index (χ4v) is 2.96. The third-order valence-corrected chi connectivity index (χ3v) is 3.97. The molecule has 0 N–H and O–H groups in total. The standard InChI is InChI=1S/C18H10ClNO2/c19-13-8-9-15-16(17(13)14-7-3-4-10-20-14)11-5-1-2-6-12(11)18(21)22-15/h1-10H. The number of pyridine rings is 1. The van der Waals surface area contributed by atoms with Gasteiger partial charge in [-0.15, -0.1) is 0 Å². The Morgan fingerprint density at radius 1 is 0.909 bits per heavy atom. The highest BCUT2D eigenvalue weighted by atomic mass is 35.5. The molecule has 0 saturated carbocycles. The van der Waals surface area contributed by atoms with Crippen molar-refractivity contribution in [3.8, 4) is 11.3 Å². The lowest BCUT2D eigenvalue weighted by Gasteiger charge is -2.10. The molecule has 0 unspecified atom stereocenters. The Bertz CT molecular complexity index is 1060. The highest BCUT2D eigenvalue weighted by Crippen LogP contribution is 2.37. The first-order valence-electron chi connectivity index (χ1n) is 6.81. The van der Waals surface area contributed by atoms with Crippen LogP contribution in [0.5, 0.6) is 0 Å². The van der Waals surface area contributed by atoms with Gasteiger partial charge in [0.15, 0.2) is 0 Å². The molecular formula is C18H10ClNO2. The van der Waals surface area contributed by atoms with Gasteiger partial charge in [-0.25, -0.2) is 4.79 Å². The Kier molecular flexibility index (Phi) is 2.94. The molecule has 0 aliphatic carbocycles. The van der Waals surface area contributed by atoms with Crippen molar-refractivity contribution in [3.63, 3.8) is 0 Å². The van der Waals surface area contributed by atoms with Crippen molar-refractivity contribution in [2.45, 2.75) is 0 Å². The summed E-state index contributed by atoms with van der Waals surface area (Å²) < 4.78 is 5.45.